The van der Waals surface area contributed by atoms with Gasteiger partial charge in [0.1, 0.15) is 0 Å². The van der Waals surface area contributed by atoms with Crippen LogP contribution in [0.4, 0.5) is 5.69 Å². The van der Waals surface area contributed by atoms with Crippen molar-refractivity contribution in [2.45, 2.75) is 19.8 Å². The number of anilines is 1. The zero-order chi connectivity index (χ0) is 16.5. The van der Waals surface area contributed by atoms with Crippen molar-refractivity contribution in [3.8, 4) is 11.5 Å². The molecular weight excluding hydrogens is 294 g/mol. The standard InChI is InChI=1S/C17H27N3O3/c1-4-18-17(19-9-10-23-12-13-5-6-13)20-14-7-8-15(21-2)16(11-14)22-3/h7-8,11,13H,4-6,9-10,12H2,1-3H3,(H2,18,19,20). The number of nitrogens with one attached hydrogen (secondary N) is 2. The van der Waals surface area contributed by atoms with Crippen LogP contribution in [0.5, 0.6) is 11.5 Å². The topological polar surface area (TPSA) is 64.1 Å². The van der Waals surface area contributed by atoms with Gasteiger partial charge in [-0.3, -0.25) is 4.99 Å². The molecule has 1 aromatic rings. The van der Waals surface area contributed by atoms with Crippen molar-refractivity contribution in [3.63, 3.8) is 0 Å². The van der Waals surface area contributed by atoms with Gasteiger partial charge in [0.05, 0.1) is 27.4 Å². The summed E-state index contributed by atoms with van der Waals surface area (Å²) in [4.78, 5) is 4.52. The quantitative estimate of drug-likeness (QED) is 0.416. The van der Waals surface area contributed by atoms with Gasteiger partial charge in [-0.1, -0.05) is 0 Å². The van der Waals surface area contributed by atoms with Gasteiger partial charge in [-0.25, -0.2) is 0 Å². The third-order valence-electron chi connectivity index (χ3n) is 3.55. The van der Waals surface area contributed by atoms with Crippen LogP contribution in [-0.2, 0) is 4.74 Å². The first-order valence-electron chi connectivity index (χ1n) is 8.12. The van der Waals surface area contributed by atoms with Crippen molar-refractivity contribution < 1.29 is 14.2 Å². The lowest BCUT2D eigenvalue weighted by Gasteiger charge is -2.13. The molecule has 1 aromatic carbocycles. The summed E-state index contributed by atoms with van der Waals surface area (Å²) in [5.74, 6) is 2.90. The SMILES string of the molecule is CCNC(=NCCOCC1CC1)Nc1ccc(OC)c(OC)c1. The second kappa shape index (κ2) is 9.25. The number of hydrogen-bond donors (Lipinski definition) is 2. The van der Waals surface area contributed by atoms with E-state index in [1.54, 1.807) is 14.2 Å². The van der Waals surface area contributed by atoms with Crippen LogP contribution in [0.3, 0.4) is 0 Å². The second-order valence-corrected chi connectivity index (χ2v) is 5.47. The maximum absolute atomic E-state index is 5.60. The lowest BCUT2D eigenvalue weighted by Crippen LogP contribution is -2.31. The molecule has 1 fully saturated rings. The molecule has 0 aromatic heterocycles. The van der Waals surface area contributed by atoms with E-state index in [1.165, 1.54) is 12.8 Å². The van der Waals surface area contributed by atoms with Gasteiger partial charge in [0.25, 0.3) is 0 Å². The summed E-state index contributed by atoms with van der Waals surface area (Å²) in [6.07, 6.45) is 2.62. The predicted molar refractivity (Wildman–Crippen MR) is 92.7 cm³/mol. The van der Waals surface area contributed by atoms with E-state index in [4.69, 9.17) is 14.2 Å². The van der Waals surface area contributed by atoms with Crippen LogP contribution in [0.15, 0.2) is 23.2 Å². The van der Waals surface area contributed by atoms with Gasteiger partial charge in [-0.2, -0.15) is 0 Å². The summed E-state index contributed by atoms with van der Waals surface area (Å²) in [6, 6.07) is 5.68. The number of rotatable bonds is 9. The Morgan fingerprint density at radius 3 is 2.65 bits per heavy atom. The molecule has 2 rings (SSSR count). The molecule has 6 heteroatoms. The van der Waals surface area contributed by atoms with Crippen LogP contribution >= 0.6 is 0 Å². The molecule has 1 saturated carbocycles. The largest absolute Gasteiger partial charge is 0.493 e. The van der Waals surface area contributed by atoms with Gasteiger partial charge in [-0.05, 0) is 37.8 Å². The number of guanidine groups is 1. The Kier molecular flexibility index (Phi) is 7.00. The van der Waals surface area contributed by atoms with E-state index in [0.717, 1.165) is 30.7 Å². The average molecular weight is 321 g/mol. The molecule has 0 heterocycles. The Labute approximate surface area is 138 Å². The Hall–Kier alpha value is -1.95. The summed E-state index contributed by atoms with van der Waals surface area (Å²) < 4.78 is 16.2. The number of benzene rings is 1. The smallest absolute Gasteiger partial charge is 0.195 e. The van der Waals surface area contributed by atoms with Gasteiger partial charge < -0.3 is 24.8 Å². The molecule has 128 valence electrons. The van der Waals surface area contributed by atoms with E-state index >= 15 is 0 Å². The summed E-state index contributed by atoms with van der Waals surface area (Å²) in [7, 11) is 3.25. The van der Waals surface area contributed by atoms with Crippen LogP contribution in [0.25, 0.3) is 0 Å². The van der Waals surface area contributed by atoms with Crippen molar-refractivity contribution in [2.75, 3.05) is 45.8 Å². The number of aliphatic imine (C=N–C) groups is 1. The van der Waals surface area contributed by atoms with E-state index in [9.17, 15) is 0 Å². The molecule has 0 bridgehead atoms. The van der Waals surface area contributed by atoms with E-state index in [1.807, 2.05) is 25.1 Å². The second-order valence-electron chi connectivity index (χ2n) is 5.47. The highest BCUT2D eigenvalue weighted by molar-refractivity contribution is 5.93. The normalized spacial score (nSPS) is 14.5. The fraction of sp³-hybridized carbons (Fsp3) is 0.588. The van der Waals surface area contributed by atoms with E-state index in [-0.39, 0.29) is 0 Å². The zero-order valence-corrected chi connectivity index (χ0v) is 14.2. The first-order valence-corrected chi connectivity index (χ1v) is 8.12. The third-order valence-corrected chi connectivity index (χ3v) is 3.55. The summed E-state index contributed by atoms with van der Waals surface area (Å²) >= 11 is 0. The molecular formula is C17H27N3O3. The fourth-order valence-electron chi connectivity index (χ4n) is 2.11. The lowest BCUT2D eigenvalue weighted by atomic mass is 10.3. The maximum atomic E-state index is 5.60. The molecule has 6 nitrogen and oxygen atoms in total. The van der Waals surface area contributed by atoms with Crippen LogP contribution in [0, 0.1) is 5.92 Å². The molecule has 0 aliphatic heterocycles. The fourth-order valence-corrected chi connectivity index (χ4v) is 2.11. The van der Waals surface area contributed by atoms with Gasteiger partial charge in [0, 0.05) is 24.9 Å². The van der Waals surface area contributed by atoms with Crippen LogP contribution in [0.1, 0.15) is 19.8 Å². The zero-order valence-electron chi connectivity index (χ0n) is 14.2. The van der Waals surface area contributed by atoms with Crippen LogP contribution < -0.4 is 20.1 Å². The van der Waals surface area contributed by atoms with Gasteiger partial charge in [-0.15, -0.1) is 0 Å². The number of methoxy groups -OCH3 is 2. The number of nitrogens with zero attached hydrogens (tertiary/aromatic N) is 1. The Morgan fingerprint density at radius 1 is 1.22 bits per heavy atom. The minimum absolute atomic E-state index is 0.634. The Morgan fingerprint density at radius 2 is 2.00 bits per heavy atom. The third kappa shape index (κ3) is 5.98. The van der Waals surface area contributed by atoms with Gasteiger partial charge in [0.15, 0.2) is 17.5 Å². The van der Waals surface area contributed by atoms with Crippen molar-refractivity contribution >= 4 is 11.6 Å². The Balaban J connectivity index is 1.88. The monoisotopic (exact) mass is 321 g/mol. The molecule has 23 heavy (non-hydrogen) atoms. The van der Waals surface area contributed by atoms with Crippen molar-refractivity contribution in [2.24, 2.45) is 10.9 Å². The maximum Gasteiger partial charge on any atom is 0.195 e. The van der Waals surface area contributed by atoms with Crippen molar-refractivity contribution in [1.82, 2.24) is 5.32 Å². The van der Waals surface area contributed by atoms with E-state index in [0.29, 0.717) is 24.7 Å². The highest BCUT2D eigenvalue weighted by Gasteiger charge is 2.20. The highest BCUT2D eigenvalue weighted by Crippen LogP contribution is 2.30. The van der Waals surface area contributed by atoms with Crippen LogP contribution in [-0.4, -0.2) is 46.5 Å². The molecule has 2 N–H and O–H groups in total. The molecule has 0 atom stereocenters. The lowest BCUT2D eigenvalue weighted by molar-refractivity contribution is 0.132. The minimum atomic E-state index is 0.634. The average Bonchev–Trinajstić information content (AvgIpc) is 3.38. The van der Waals surface area contributed by atoms with Crippen LogP contribution in [0.2, 0.25) is 0 Å². The molecule has 0 radical (unpaired) electrons. The number of ether oxygens (including phenoxy) is 3. The molecule has 1 aliphatic carbocycles. The first kappa shape index (κ1) is 17.4. The van der Waals surface area contributed by atoms with Crippen molar-refractivity contribution in [3.05, 3.63) is 18.2 Å². The summed E-state index contributed by atoms with van der Waals surface area (Å²) in [6.45, 7) is 4.99. The molecule has 0 amide bonds. The minimum Gasteiger partial charge on any atom is -0.493 e. The number of hydrogen-bond acceptors (Lipinski definition) is 4. The molecule has 0 unspecified atom stereocenters. The van der Waals surface area contributed by atoms with E-state index in [2.05, 4.69) is 15.6 Å². The van der Waals surface area contributed by atoms with Crippen molar-refractivity contribution in [1.29, 1.82) is 0 Å². The van der Waals surface area contributed by atoms with E-state index < -0.39 is 0 Å². The highest BCUT2D eigenvalue weighted by atomic mass is 16.5. The molecule has 0 saturated heterocycles. The Bertz CT molecular complexity index is 516. The summed E-state index contributed by atoms with van der Waals surface area (Å²) in [5.41, 5.74) is 0.890. The molecule has 1 aliphatic rings. The van der Waals surface area contributed by atoms with Gasteiger partial charge in [0.2, 0.25) is 0 Å². The van der Waals surface area contributed by atoms with Gasteiger partial charge >= 0.3 is 0 Å². The summed E-state index contributed by atoms with van der Waals surface area (Å²) in [5, 5.41) is 6.49. The molecule has 0 spiro atoms. The first-order chi connectivity index (χ1) is 11.3. The predicted octanol–water partition coefficient (Wildman–Crippen LogP) is 2.51.